The van der Waals surface area contributed by atoms with Crippen LogP contribution >= 0.6 is 0 Å². The van der Waals surface area contributed by atoms with Gasteiger partial charge in [0.2, 0.25) is 0 Å². The van der Waals surface area contributed by atoms with E-state index >= 15 is 0 Å². The Morgan fingerprint density at radius 1 is 1.42 bits per heavy atom. The molecule has 0 bridgehead atoms. The molecule has 1 aliphatic carbocycles. The van der Waals surface area contributed by atoms with E-state index in [0.29, 0.717) is 6.42 Å². The summed E-state index contributed by atoms with van der Waals surface area (Å²) in [5.41, 5.74) is 0.839. The molecule has 0 aromatic heterocycles. The number of allylic oxidation sites excluding steroid dienone is 3. The maximum absolute atomic E-state index is 10.9. The van der Waals surface area contributed by atoms with E-state index in [1.54, 1.807) is 6.08 Å². The van der Waals surface area contributed by atoms with E-state index < -0.39 is 19.3 Å². The molecule has 1 aliphatic rings. The predicted octanol–water partition coefficient (Wildman–Crippen LogP) is 3.29. The molecule has 0 aliphatic heterocycles. The first kappa shape index (κ1) is 15.9. The van der Waals surface area contributed by atoms with E-state index in [-0.39, 0.29) is 5.04 Å². The van der Waals surface area contributed by atoms with Crippen LogP contribution in [-0.2, 0) is 4.79 Å². The fraction of sp³-hybridized carbons (Fsp3) is 0.533. The van der Waals surface area contributed by atoms with Gasteiger partial charge in [-0.3, -0.25) is 0 Å². The molecule has 0 spiro atoms. The van der Waals surface area contributed by atoms with Crippen LogP contribution in [0.3, 0.4) is 0 Å². The average Bonchev–Trinajstić information content (AvgIpc) is 2.26. The van der Waals surface area contributed by atoms with Crippen molar-refractivity contribution < 1.29 is 15.0 Å². The first-order chi connectivity index (χ1) is 8.49. The standard InChI is InChI=1S/C15H24O3Si/c1-14(2,3)19(4,5)15(18)10-8-12(9-11-15)6-7-13(16)17/h6-10,18H,11H2,1-5H3,(H,16,17)/b7-6+. The highest BCUT2D eigenvalue weighted by Gasteiger charge is 2.50. The van der Waals surface area contributed by atoms with Gasteiger partial charge in [0.15, 0.2) is 0 Å². The van der Waals surface area contributed by atoms with Gasteiger partial charge in [-0.15, -0.1) is 0 Å². The summed E-state index contributed by atoms with van der Waals surface area (Å²) in [6.45, 7) is 10.9. The number of aliphatic hydroxyl groups is 1. The lowest BCUT2D eigenvalue weighted by atomic mass is 10.0. The van der Waals surface area contributed by atoms with Gasteiger partial charge in [-0.25, -0.2) is 4.79 Å². The molecule has 1 rings (SSSR count). The molecule has 2 N–H and O–H groups in total. The number of carboxylic acid groups (broad SMARTS) is 1. The molecule has 0 saturated heterocycles. The number of aliphatic carboxylic acids is 1. The summed E-state index contributed by atoms with van der Waals surface area (Å²) in [5.74, 6) is -0.959. The largest absolute Gasteiger partial charge is 0.478 e. The molecule has 0 saturated carbocycles. The van der Waals surface area contributed by atoms with Crippen LogP contribution in [0.2, 0.25) is 18.1 Å². The second-order valence-electron chi connectivity index (χ2n) is 6.71. The third kappa shape index (κ3) is 3.25. The second-order valence-corrected chi connectivity index (χ2v) is 12.3. The lowest BCUT2D eigenvalue weighted by molar-refractivity contribution is -0.131. The maximum atomic E-state index is 10.9. The fourth-order valence-electron chi connectivity index (χ4n) is 2.05. The lowest BCUT2D eigenvalue weighted by Crippen LogP contribution is -2.58. The lowest BCUT2D eigenvalue weighted by Gasteiger charge is -2.48. The summed E-state index contributed by atoms with van der Waals surface area (Å²) in [4.78, 5) is 10.5. The molecule has 19 heavy (non-hydrogen) atoms. The molecular weight excluding hydrogens is 256 g/mol. The van der Waals surface area contributed by atoms with Gasteiger partial charge in [-0.1, -0.05) is 52.1 Å². The summed E-state index contributed by atoms with van der Waals surface area (Å²) in [5, 5.41) is 18.8. The Bertz CT molecular complexity index is 453. The molecule has 0 radical (unpaired) electrons. The molecule has 1 atom stereocenters. The van der Waals surface area contributed by atoms with Crippen molar-refractivity contribution in [1.29, 1.82) is 0 Å². The van der Waals surface area contributed by atoms with Crippen molar-refractivity contribution in [1.82, 2.24) is 0 Å². The topological polar surface area (TPSA) is 57.5 Å². The van der Waals surface area contributed by atoms with E-state index in [0.717, 1.165) is 11.6 Å². The third-order valence-electron chi connectivity index (χ3n) is 4.58. The average molecular weight is 280 g/mol. The second kappa shape index (κ2) is 5.10. The van der Waals surface area contributed by atoms with Crippen LogP contribution in [0.15, 0.2) is 36.0 Å². The van der Waals surface area contributed by atoms with E-state index in [9.17, 15) is 9.90 Å². The molecular formula is C15H24O3Si. The summed E-state index contributed by atoms with van der Waals surface area (Å²) in [6.07, 6.45) is 8.82. The molecule has 106 valence electrons. The minimum Gasteiger partial charge on any atom is -0.478 e. The third-order valence-corrected chi connectivity index (χ3v) is 10.9. The molecule has 0 fully saturated rings. The molecule has 0 heterocycles. The Labute approximate surface area is 116 Å². The van der Waals surface area contributed by atoms with Crippen molar-refractivity contribution in [2.24, 2.45) is 0 Å². The zero-order valence-corrected chi connectivity index (χ0v) is 13.4. The summed E-state index contributed by atoms with van der Waals surface area (Å²) in [7, 11) is -1.92. The molecule has 3 nitrogen and oxygen atoms in total. The highest BCUT2D eigenvalue weighted by atomic mass is 28.3. The number of carbonyl (C=O) groups is 1. The van der Waals surface area contributed by atoms with Crippen molar-refractivity contribution in [2.45, 2.75) is 50.5 Å². The van der Waals surface area contributed by atoms with E-state index in [2.05, 4.69) is 33.9 Å². The number of hydrogen-bond donors (Lipinski definition) is 2. The van der Waals surface area contributed by atoms with Crippen LogP contribution in [0.4, 0.5) is 0 Å². The molecule has 4 heteroatoms. The van der Waals surface area contributed by atoms with Crippen LogP contribution < -0.4 is 0 Å². The van der Waals surface area contributed by atoms with E-state index in [4.69, 9.17) is 5.11 Å². The van der Waals surface area contributed by atoms with E-state index in [1.165, 1.54) is 0 Å². The number of hydrogen-bond acceptors (Lipinski definition) is 2. The fourth-order valence-corrected chi connectivity index (χ4v) is 4.46. The van der Waals surface area contributed by atoms with Crippen LogP contribution in [0.25, 0.3) is 0 Å². The van der Waals surface area contributed by atoms with E-state index in [1.807, 2.05) is 18.2 Å². The predicted molar refractivity (Wildman–Crippen MR) is 80.8 cm³/mol. The van der Waals surface area contributed by atoms with Gasteiger partial charge in [0.1, 0.15) is 0 Å². The monoisotopic (exact) mass is 280 g/mol. The maximum Gasteiger partial charge on any atom is 0.328 e. The van der Waals surface area contributed by atoms with Crippen molar-refractivity contribution in [2.75, 3.05) is 0 Å². The Kier molecular flexibility index (Phi) is 4.27. The number of rotatable bonds is 3. The summed E-state index contributed by atoms with van der Waals surface area (Å²) in [6, 6.07) is 0. The highest BCUT2D eigenvalue weighted by Crippen LogP contribution is 2.45. The van der Waals surface area contributed by atoms with Gasteiger partial charge in [0, 0.05) is 6.08 Å². The number of carboxylic acids is 1. The Balaban J connectivity index is 2.94. The van der Waals surface area contributed by atoms with Crippen molar-refractivity contribution in [3.05, 3.63) is 36.0 Å². The summed E-state index contributed by atoms with van der Waals surface area (Å²) >= 11 is 0. The Morgan fingerprint density at radius 2 is 2.00 bits per heavy atom. The van der Waals surface area contributed by atoms with Crippen molar-refractivity contribution >= 4 is 14.0 Å². The SMILES string of the molecule is CC(C)(C)[Si](C)(C)C1(O)C=CC(/C=C/C(=O)O)=CC1. The minimum absolute atomic E-state index is 0.0916. The molecule has 0 amide bonds. The smallest absolute Gasteiger partial charge is 0.328 e. The van der Waals surface area contributed by atoms with Crippen LogP contribution in [0.5, 0.6) is 0 Å². The minimum atomic E-state index is -1.92. The van der Waals surface area contributed by atoms with Crippen molar-refractivity contribution in [3.8, 4) is 0 Å². The van der Waals surface area contributed by atoms with Crippen LogP contribution in [0.1, 0.15) is 27.2 Å². The Hall–Kier alpha value is -1.13. The van der Waals surface area contributed by atoms with Crippen LogP contribution in [-0.4, -0.2) is 29.5 Å². The Morgan fingerprint density at radius 3 is 2.37 bits per heavy atom. The zero-order chi connectivity index (χ0) is 14.9. The quantitative estimate of drug-likeness (QED) is 0.616. The van der Waals surface area contributed by atoms with Gasteiger partial charge >= 0.3 is 5.97 Å². The van der Waals surface area contributed by atoms with Gasteiger partial charge in [0.25, 0.3) is 0 Å². The van der Waals surface area contributed by atoms with Gasteiger partial charge < -0.3 is 10.2 Å². The highest BCUT2D eigenvalue weighted by molar-refractivity contribution is 6.83. The van der Waals surface area contributed by atoms with Gasteiger partial charge in [-0.2, -0.15) is 0 Å². The van der Waals surface area contributed by atoms with Gasteiger partial charge in [0.05, 0.1) is 13.3 Å². The van der Waals surface area contributed by atoms with Crippen molar-refractivity contribution in [3.63, 3.8) is 0 Å². The molecule has 0 aromatic rings. The summed E-state index contributed by atoms with van der Waals surface area (Å²) < 4.78 is 0. The molecule has 1 unspecified atom stereocenters. The first-order valence-electron chi connectivity index (χ1n) is 6.52. The van der Waals surface area contributed by atoms with Crippen LogP contribution in [0, 0.1) is 0 Å². The van der Waals surface area contributed by atoms with Gasteiger partial charge in [-0.05, 0) is 23.1 Å². The zero-order valence-electron chi connectivity index (χ0n) is 12.4. The normalized spacial score (nSPS) is 24.6. The molecule has 0 aromatic carbocycles. The first-order valence-corrected chi connectivity index (χ1v) is 9.52.